The van der Waals surface area contributed by atoms with E-state index in [0.717, 1.165) is 10.0 Å². The van der Waals surface area contributed by atoms with Gasteiger partial charge in [-0.15, -0.1) is 11.6 Å². The Morgan fingerprint density at radius 3 is 2.19 bits per heavy atom. The predicted octanol–water partition coefficient (Wildman–Crippen LogP) is 6.41. The van der Waals surface area contributed by atoms with Gasteiger partial charge in [0.2, 0.25) is 0 Å². The Morgan fingerprint density at radius 1 is 1.10 bits per heavy atom. The van der Waals surface area contributed by atoms with Gasteiger partial charge in [0.25, 0.3) is 5.69 Å². The molecule has 0 atom stereocenters. The minimum Gasteiger partial charge on any atom is -0.454 e. The van der Waals surface area contributed by atoms with Crippen LogP contribution in [0, 0.1) is 10.1 Å². The van der Waals surface area contributed by atoms with Crippen LogP contribution in [0.25, 0.3) is 0 Å². The van der Waals surface area contributed by atoms with Crippen LogP contribution in [-0.2, 0) is 5.88 Å². The smallest absolute Gasteiger partial charge is 0.271 e. The van der Waals surface area contributed by atoms with E-state index >= 15 is 0 Å². The van der Waals surface area contributed by atoms with Gasteiger partial charge in [0, 0.05) is 18.0 Å². The molecule has 0 radical (unpaired) electrons. The maximum absolute atomic E-state index is 10.8. The van der Waals surface area contributed by atoms with E-state index < -0.39 is 4.92 Å². The average molecular weight is 500 g/mol. The molecule has 110 valence electrons. The molecule has 0 bridgehead atoms. The lowest BCUT2D eigenvalue weighted by Gasteiger charge is -2.12. The highest BCUT2D eigenvalue weighted by atomic mass is 79.9. The molecule has 2 aromatic rings. The molecule has 2 rings (SSSR count). The van der Waals surface area contributed by atoms with Crippen LogP contribution in [0.4, 0.5) is 5.69 Å². The standard InChI is InChI=1S/C13H7Br3ClNO3/c14-9-3-7(6-17)1-2-12(9)21-13-10(15)4-8(18(19)20)5-11(13)16/h1-5H,6H2. The number of alkyl halides is 1. The van der Waals surface area contributed by atoms with Crippen LogP contribution >= 0.6 is 59.4 Å². The lowest BCUT2D eigenvalue weighted by atomic mass is 10.2. The van der Waals surface area contributed by atoms with Crippen LogP contribution in [-0.4, -0.2) is 4.92 Å². The highest BCUT2D eigenvalue weighted by molar-refractivity contribution is 9.11. The molecule has 0 unspecified atom stereocenters. The lowest BCUT2D eigenvalue weighted by molar-refractivity contribution is -0.385. The first-order chi connectivity index (χ1) is 9.92. The van der Waals surface area contributed by atoms with E-state index in [0.29, 0.717) is 26.3 Å². The van der Waals surface area contributed by atoms with Gasteiger partial charge in [-0.3, -0.25) is 10.1 Å². The summed E-state index contributed by atoms with van der Waals surface area (Å²) in [5, 5.41) is 10.8. The summed E-state index contributed by atoms with van der Waals surface area (Å²) >= 11 is 15.7. The molecule has 0 aromatic heterocycles. The third kappa shape index (κ3) is 3.97. The zero-order valence-corrected chi connectivity index (χ0v) is 15.8. The van der Waals surface area contributed by atoms with Crippen molar-refractivity contribution in [3.05, 3.63) is 59.4 Å². The molecule has 2 aromatic carbocycles. The van der Waals surface area contributed by atoms with Crippen LogP contribution in [0.5, 0.6) is 11.5 Å². The lowest BCUT2D eigenvalue weighted by Crippen LogP contribution is -1.93. The number of nitro groups is 1. The van der Waals surface area contributed by atoms with Gasteiger partial charge in [-0.2, -0.15) is 0 Å². The fourth-order valence-electron chi connectivity index (χ4n) is 1.57. The number of rotatable bonds is 4. The molecule has 0 N–H and O–H groups in total. The van der Waals surface area contributed by atoms with Crippen molar-refractivity contribution in [2.45, 2.75) is 5.88 Å². The van der Waals surface area contributed by atoms with Crippen molar-refractivity contribution in [1.29, 1.82) is 0 Å². The van der Waals surface area contributed by atoms with Crippen molar-refractivity contribution in [2.24, 2.45) is 0 Å². The number of hydrogen-bond acceptors (Lipinski definition) is 3. The van der Waals surface area contributed by atoms with Crippen molar-refractivity contribution in [3.63, 3.8) is 0 Å². The Hall–Kier alpha value is -0.630. The van der Waals surface area contributed by atoms with Crippen LogP contribution in [0.2, 0.25) is 0 Å². The van der Waals surface area contributed by atoms with Crippen molar-refractivity contribution in [2.75, 3.05) is 0 Å². The number of non-ortho nitro benzene ring substituents is 1. The Labute approximate surface area is 151 Å². The van der Waals surface area contributed by atoms with E-state index in [1.807, 2.05) is 12.1 Å². The molecule has 0 aliphatic heterocycles. The summed E-state index contributed by atoms with van der Waals surface area (Å²) in [6.07, 6.45) is 0. The first kappa shape index (κ1) is 16.7. The van der Waals surface area contributed by atoms with E-state index in [-0.39, 0.29) is 5.69 Å². The largest absolute Gasteiger partial charge is 0.454 e. The third-order valence-electron chi connectivity index (χ3n) is 2.56. The average Bonchev–Trinajstić information content (AvgIpc) is 2.43. The summed E-state index contributed by atoms with van der Waals surface area (Å²) in [7, 11) is 0. The predicted molar refractivity (Wildman–Crippen MR) is 92.3 cm³/mol. The second-order valence-electron chi connectivity index (χ2n) is 4.00. The summed E-state index contributed by atoms with van der Waals surface area (Å²) in [4.78, 5) is 10.3. The molecule has 21 heavy (non-hydrogen) atoms. The molecule has 0 saturated heterocycles. The molecule has 0 amide bonds. The zero-order chi connectivity index (χ0) is 15.6. The van der Waals surface area contributed by atoms with E-state index in [2.05, 4.69) is 47.8 Å². The first-order valence-corrected chi connectivity index (χ1v) is 8.49. The second-order valence-corrected chi connectivity index (χ2v) is 6.83. The van der Waals surface area contributed by atoms with E-state index in [1.54, 1.807) is 6.07 Å². The monoisotopic (exact) mass is 497 g/mol. The molecular formula is C13H7Br3ClNO3. The van der Waals surface area contributed by atoms with E-state index in [1.165, 1.54) is 12.1 Å². The maximum atomic E-state index is 10.8. The Morgan fingerprint density at radius 2 is 1.71 bits per heavy atom. The highest BCUT2D eigenvalue weighted by Crippen LogP contribution is 2.41. The summed E-state index contributed by atoms with van der Waals surface area (Å²) in [6, 6.07) is 8.26. The normalized spacial score (nSPS) is 10.5. The summed E-state index contributed by atoms with van der Waals surface area (Å²) in [5.74, 6) is 1.45. The fourth-order valence-corrected chi connectivity index (χ4v) is 3.57. The number of halogens is 4. The number of nitrogens with zero attached hydrogens (tertiary/aromatic N) is 1. The molecule has 0 aliphatic carbocycles. The van der Waals surface area contributed by atoms with Crippen LogP contribution in [0.1, 0.15) is 5.56 Å². The molecule has 0 spiro atoms. The van der Waals surface area contributed by atoms with Gasteiger partial charge in [-0.25, -0.2) is 0 Å². The van der Waals surface area contributed by atoms with Gasteiger partial charge in [-0.05, 0) is 65.5 Å². The van der Waals surface area contributed by atoms with Gasteiger partial charge >= 0.3 is 0 Å². The topological polar surface area (TPSA) is 52.4 Å². The molecule has 0 heterocycles. The molecular weight excluding hydrogens is 493 g/mol. The summed E-state index contributed by atoms with van der Waals surface area (Å²) < 4.78 is 7.51. The van der Waals surface area contributed by atoms with Gasteiger partial charge in [0.05, 0.1) is 18.3 Å². The summed E-state index contributed by atoms with van der Waals surface area (Å²) in [5.41, 5.74) is 0.926. The quantitative estimate of drug-likeness (QED) is 0.277. The third-order valence-corrected chi connectivity index (χ3v) is 4.66. The van der Waals surface area contributed by atoms with Gasteiger partial charge < -0.3 is 4.74 Å². The van der Waals surface area contributed by atoms with Crippen LogP contribution in [0.3, 0.4) is 0 Å². The Balaban J connectivity index is 2.38. The molecule has 0 fully saturated rings. The minimum atomic E-state index is -0.468. The zero-order valence-electron chi connectivity index (χ0n) is 10.3. The van der Waals surface area contributed by atoms with Gasteiger partial charge in [-0.1, -0.05) is 6.07 Å². The van der Waals surface area contributed by atoms with Crippen molar-refractivity contribution >= 4 is 65.1 Å². The first-order valence-electron chi connectivity index (χ1n) is 5.58. The van der Waals surface area contributed by atoms with Crippen molar-refractivity contribution in [1.82, 2.24) is 0 Å². The maximum Gasteiger partial charge on any atom is 0.271 e. The van der Waals surface area contributed by atoms with E-state index in [9.17, 15) is 10.1 Å². The van der Waals surface area contributed by atoms with Gasteiger partial charge in [0.1, 0.15) is 5.75 Å². The SMILES string of the molecule is O=[N+]([O-])c1cc(Br)c(Oc2ccc(CCl)cc2Br)c(Br)c1. The Kier molecular flexibility index (Phi) is 5.65. The van der Waals surface area contributed by atoms with Crippen LogP contribution in [0.15, 0.2) is 43.7 Å². The molecule has 0 saturated carbocycles. The Bertz CT molecular complexity index is 686. The highest BCUT2D eigenvalue weighted by Gasteiger charge is 2.16. The molecule has 0 aliphatic rings. The number of hydrogen-bond donors (Lipinski definition) is 0. The van der Waals surface area contributed by atoms with E-state index in [4.69, 9.17) is 16.3 Å². The molecule has 4 nitrogen and oxygen atoms in total. The van der Waals surface area contributed by atoms with Crippen molar-refractivity contribution < 1.29 is 9.66 Å². The fraction of sp³-hybridized carbons (Fsp3) is 0.0769. The summed E-state index contributed by atoms with van der Waals surface area (Å²) in [6.45, 7) is 0. The minimum absolute atomic E-state index is 0.0300. The number of benzene rings is 2. The number of ether oxygens (including phenoxy) is 1. The number of nitro benzene ring substituents is 1. The van der Waals surface area contributed by atoms with Crippen molar-refractivity contribution in [3.8, 4) is 11.5 Å². The van der Waals surface area contributed by atoms with Gasteiger partial charge in [0.15, 0.2) is 5.75 Å². The van der Waals surface area contributed by atoms with Crippen LogP contribution < -0.4 is 4.74 Å². The second kappa shape index (κ2) is 7.09. The molecule has 8 heteroatoms.